The van der Waals surface area contributed by atoms with E-state index >= 15 is 4.39 Å². The number of nitrogens with one attached hydrogen (secondary N) is 1. The Morgan fingerprint density at radius 2 is 1.83 bits per heavy atom. The molecule has 3 aromatic heterocycles. The first-order chi connectivity index (χ1) is 21.9. The molecule has 0 spiro atoms. The maximum Gasteiger partial charge on any atom is 0.290 e. The highest BCUT2D eigenvalue weighted by molar-refractivity contribution is 5.83. The Labute approximate surface area is 263 Å². The lowest BCUT2D eigenvalue weighted by atomic mass is 9.86. The van der Waals surface area contributed by atoms with Gasteiger partial charge in [0.1, 0.15) is 35.8 Å². The molecule has 46 heavy (non-hydrogen) atoms. The van der Waals surface area contributed by atoms with E-state index in [-0.39, 0.29) is 35.4 Å². The average Bonchev–Trinajstić information content (AvgIpc) is 3.02. The van der Waals surface area contributed by atoms with Gasteiger partial charge < -0.3 is 25.0 Å². The Kier molecular flexibility index (Phi) is 9.28. The van der Waals surface area contributed by atoms with Crippen molar-refractivity contribution in [2.45, 2.75) is 38.9 Å². The van der Waals surface area contributed by atoms with Crippen molar-refractivity contribution in [3.8, 4) is 22.7 Å². The SMILES string of the molecule is COC[C@H](O)COc1ccc(Nc2cc(-c3cccc(-n4ncc5cc(C(C)(C)C)cc(F)c5c4=O)c3CO)nn(C)c2=O)nc1. The Morgan fingerprint density at radius 3 is 2.50 bits per heavy atom. The number of rotatable bonds is 10. The van der Waals surface area contributed by atoms with E-state index in [1.54, 1.807) is 36.4 Å². The van der Waals surface area contributed by atoms with E-state index in [2.05, 4.69) is 20.5 Å². The van der Waals surface area contributed by atoms with Crippen molar-refractivity contribution in [3.05, 3.63) is 98.6 Å². The monoisotopic (exact) mass is 630 g/mol. The molecule has 240 valence electrons. The van der Waals surface area contributed by atoms with E-state index in [1.165, 1.54) is 38.7 Å². The summed E-state index contributed by atoms with van der Waals surface area (Å²) >= 11 is 0. The molecule has 3 heterocycles. The fourth-order valence-corrected chi connectivity index (χ4v) is 4.96. The third-order valence-electron chi connectivity index (χ3n) is 7.38. The lowest BCUT2D eigenvalue weighted by Gasteiger charge is -2.20. The summed E-state index contributed by atoms with van der Waals surface area (Å²) in [7, 11) is 2.97. The van der Waals surface area contributed by atoms with E-state index in [4.69, 9.17) is 9.47 Å². The summed E-state index contributed by atoms with van der Waals surface area (Å²) in [5, 5.41) is 32.2. The average molecular weight is 631 g/mol. The highest BCUT2D eigenvalue weighted by Crippen LogP contribution is 2.30. The predicted molar refractivity (Wildman–Crippen MR) is 171 cm³/mol. The van der Waals surface area contributed by atoms with E-state index in [9.17, 15) is 19.8 Å². The van der Waals surface area contributed by atoms with Gasteiger partial charge in [-0.15, -0.1) is 0 Å². The Hall–Kier alpha value is -4.98. The van der Waals surface area contributed by atoms with Crippen LogP contribution in [0.2, 0.25) is 0 Å². The van der Waals surface area contributed by atoms with E-state index in [0.29, 0.717) is 33.8 Å². The molecule has 5 aromatic rings. The molecular weight excluding hydrogens is 595 g/mol. The van der Waals surface area contributed by atoms with Gasteiger partial charge in [-0.05, 0) is 47.4 Å². The van der Waals surface area contributed by atoms with Crippen LogP contribution >= 0.6 is 0 Å². The van der Waals surface area contributed by atoms with Crippen LogP contribution in [-0.4, -0.2) is 61.2 Å². The first-order valence-electron chi connectivity index (χ1n) is 14.5. The third kappa shape index (κ3) is 6.66. The zero-order valence-corrected chi connectivity index (χ0v) is 26.1. The smallest absolute Gasteiger partial charge is 0.290 e. The van der Waals surface area contributed by atoms with Crippen LogP contribution in [0.3, 0.4) is 0 Å². The summed E-state index contributed by atoms with van der Waals surface area (Å²) in [6, 6.07) is 12.8. The van der Waals surface area contributed by atoms with Crippen molar-refractivity contribution in [1.29, 1.82) is 0 Å². The number of aliphatic hydroxyl groups excluding tert-OH is 2. The van der Waals surface area contributed by atoms with Gasteiger partial charge in [0.25, 0.3) is 11.1 Å². The van der Waals surface area contributed by atoms with Gasteiger partial charge in [-0.1, -0.05) is 32.9 Å². The van der Waals surface area contributed by atoms with Crippen LogP contribution < -0.4 is 21.2 Å². The third-order valence-corrected chi connectivity index (χ3v) is 7.38. The minimum atomic E-state index is -0.790. The van der Waals surface area contributed by atoms with Crippen molar-refractivity contribution < 1.29 is 24.1 Å². The molecule has 0 amide bonds. The fourth-order valence-electron chi connectivity index (χ4n) is 4.96. The minimum absolute atomic E-state index is 0.0245. The molecule has 0 aliphatic carbocycles. The summed E-state index contributed by atoms with van der Waals surface area (Å²) < 4.78 is 27.9. The van der Waals surface area contributed by atoms with Crippen molar-refractivity contribution in [1.82, 2.24) is 24.5 Å². The number of ether oxygens (including phenoxy) is 2. The van der Waals surface area contributed by atoms with Gasteiger partial charge in [0, 0.05) is 30.7 Å². The van der Waals surface area contributed by atoms with Crippen LogP contribution in [0.25, 0.3) is 27.7 Å². The number of halogens is 1. The quantitative estimate of drug-likeness (QED) is 0.209. The number of benzene rings is 2. The van der Waals surface area contributed by atoms with Crippen LogP contribution in [-0.2, 0) is 23.8 Å². The highest BCUT2D eigenvalue weighted by atomic mass is 19.1. The topological polar surface area (TPSA) is 154 Å². The van der Waals surface area contributed by atoms with Crippen LogP contribution in [0.5, 0.6) is 5.75 Å². The zero-order valence-electron chi connectivity index (χ0n) is 26.1. The summed E-state index contributed by atoms with van der Waals surface area (Å²) in [4.78, 5) is 30.9. The molecule has 13 heteroatoms. The van der Waals surface area contributed by atoms with E-state index in [0.717, 1.165) is 14.9 Å². The summed E-state index contributed by atoms with van der Waals surface area (Å²) in [5.41, 5.74) is 0.728. The van der Waals surface area contributed by atoms with Crippen LogP contribution in [0.4, 0.5) is 15.9 Å². The number of nitrogens with zero attached hydrogens (tertiary/aromatic N) is 5. The van der Waals surface area contributed by atoms with Gasteiger partial charge in [-0.25, -0.2) is 14.1 Å². The van der Waals surface area contributed by atoms with Crippen LogP contribution in [0, 0.1) is 5.82 Å². The highest BCUT2D eigenvalue weighted by Gasteiger charge is 2.21. The summed E-state index contributed by atoms with van der Waals surface area (Å²) in [6.45, 7) is 5.52. The molecule has 0 saturated heterocycles. The first kappa shape index (κ1) is 32.4. The Bertz CT molecular complexity index is 2000. The van der Waals surface area contributed by atoms with E-state index in [1.807, 2.05) is 20.8 Å². The number of fused-ring (bicyclic) bond motifs is 1. The number of hydrogen-bond acceptors (Lipinski definition) is 10. The van der Waals surface area contributed by atoms with Gasteiger partial charge in [0.15, 0.2) is 0 Å². The van der Waals surface area contributed by atoms with Crippen molar-refractivity contribution >= 4 is 22.3 Å². The number of aliphatic hydroxyl groups is 2. The molecule has 0 fully saturated rings. The Morgan fingerprint density at radius 1 is 1.04 bits per heavy atom. The second kappa shape index (κ2) is 13.2. The molecule has 0 aliphatic rings. The van der Waals surface area contributed by atoms with Gasteiger partial charge in [-0.2, -0.15) is 14.9 Å². The number of hydrogen-bond donors (Lipinski definition) is 3. The van der Waals surface area contributed by atoms with Gasteiger partial charge in [0.2, 0.25) is 0 Å². The summed E-state index contributed by atoms with van der Waals surface area (Å²) in [6.07, 6.45) is 2.09. The van der Waals surface area contributed by atoms with Crippen molar-refractivity contribution in [2.75, 3.05) is 25.6 Å². The molecule has 0 unspecified atom stereocenters. The van der Waals surface area contributed by atoms with Gasteiger partial charge in [-0.3, -0.25) is 9.59 Å². The molecule has 0 aliphatic heterocycles. The summed E-state index contributed by atoms with van der Waals surface area (Å²) in [5.74, 6) is 0.108. The maximum atomic E-state index is 15.3. The number of methoxy groups -OCH3 is 1. The van der Waals surface area contributed by atoms with Crippen LogP contribution in [0.15, 0.2) is 70.5 Å². The maximum absolute atomic E-state index is 15.3. The number of aromatic nitrogens is 5. The van der Waals surface area contributed by atoms with Crippen molar-refractivity contribution in [3.63, 3.8) is 0 Å². The van der Waals surface area contributed by atoms with Crippen molar-refractivity contribution in [2.24, 2.45) is 7.05 Å². The molecule has 2 aromatic carbocycles. The zero-order chi connectivity index (χ0) is 33.2. The second-order valence-electron chi connectivity index (χ2n) is 11.8. The normalized spacial score (nSPS) is 12.3. The molecule has 0 radical (unpaired) electrons. The molecule has 0 bridgehead atoms. The molecular formula is C33H35FN6O6. The van der Waals surface area contributed by atoms with E-state index < -0.39 is 29.6 Å². The van der Waals surface area contributed by atoms with Gasteiger partial charge in [0.05, 0.1) is 42.4 Å². The van der Waals surface area contributed by atoms with Crippen LogP contribution in [0.1, 0.15) is 31.9 Å². The fraction of sp³-hybridized carbons (Fsp3) is 0.303. The predicted octanol–water partition coefficient (Wildman–Crippen LogP) is 3.60. The Balaban J connectivity index is 1.51. The molecule has 5 rings (SSSR count). The minimum Gasteiger partial charge on any atom is -0.489 e. The number of aryl methyl sites for hydroxylation is 1. The second-order valence-corrected chi connectivity index (χ2v) is 11.8. The standard InChI is InChI=1S/C33H35FN6O6/c1-33(2,3)20-11-19-14-36-40(32(44)30(19)25(34)12-20)28-8-6-7-23(24(28)16-41)26-13-27(31(43)39(4)38-26)37-29-10-9-22(15-35-29)46-18-21(42)17-45-5/h6-15,21,41-42H,16-18H2,1-5H3,(H,35,37)/t21-/m0/s1. The molecule has 0 saturated carbocycles. The van der Waals surface area contributed by atoms with Gasteiger partial charge >= 0.3 is 0 Å². The largest absolute Gasteiger partial charge is 0.489 e. The lowest BCUT2D eigenvalue weighted by molar-refractivity contribution is 0.0325. The molecule has 1 atom stereocenters. The molecule has 12 nitrogen and oxygen atoms in total. The number of pyridine rings is 1. The molecule has 3 N–H and O–H groups in total. The number of anilines is 2. The first-order valence-corrected chi connectivity index (χ1v) is 14.5. The lowest BCUT2D eigenvalue weighted by Crippen LogP contribution is -2.24.